The van der Waals surface area contributed by atoms with Crippen molar-refractivity contribution in [1.29, 1.82) is 0 Å². The van der Waals surface area contributed by atoms with Gasteiger partial charge in [-0.05, 0) is 13.8 Å². The lowest BCUT2D eigenvalue weighted by atomic mass is 10.0. The molecule has 0 fully saturated rings. The van der Waals surface area contributed by atoms with E-state index < -0.39 is 6.10 Å². The van der Waals surface area contributed by atoms with Gasteiger partial charge in [-0.3, -0.25) is 0 Å². The Labute approximate surface area is 89.7 Å². The Morgan fingerprint density at radius 2 is 2.21 bits per heavy atom. The zero-order valence-corrected chi connectivity index (χ0v) is 9.54. The first-order valence-corrected chi connectivity index (χ1v) is 5.15. The molecular formula is C10H17ClO3. The van der Waals surface area contributed by atoms with Gasteiger partial charge in [-0.1, -0.05) is 13.0 Å². The molecule has 0 saturated carbocycles. The molecule has 14 heavy (non-hydrogen) atoms. The summed E-state index contributed by atoms with van der Waals surface area (Å²) in [6.45, 7) is 5.57. The number of carbonyl (C=O) groups excluding carboxylic acids is 1. The molecule has 0 bridgehead atoms. The van der Waals surface area contributed by atoms with Crippen LogP contribution in [0.5, 0.6) is 0 Å². The topological polar surface area (TPSA) is 46.5 Å². The third-order valence-electron chi connectivity index (χ3n) is 1.88. The highest BCUT2D eigenvalue weighted by atomic mass is 35.5. The first-order chi connectivity index (χ1) is 6.52. The maximum atomic E-state index is 11.2. The fourth-order valence-corrected chi connectivity index (χ4v) is 1.24. The average Bonchev–Trinajstić information content (AvgIpc) is 2.16. The number of alkyl halides is 1. The van der Waals surface area contributed by atoms with E-state index in [0.29, 0.717) is 12.2 Å². The molecule has 0 aromatic carbocycles. The van der Waals surface area contributed by atoms with Gasteiger partial charge in [0.15, 0.2) is 0 Å². The Balaban J connectivity index is 4.27. The van der Waals surface area contributed by atoms with Crippen molar-refractivity contribution in [1.82, 2.24) is 0 Å². The van der Waals surface area contributed by atoms with Crippen LogP contribution in [-0.2, 0) is 9.53 Å². The van der Waals surface area contributed by atoms with Crippen LogP contribution in [0.3, 0.4) is 0 Å². The lowest BCUT2D eigenvalue weighted by Gasteiger charge is -2.12. The lowest BCUT2D eigenvalue weighted by molar-refractivity contribution is -0.138. The number of rotatable bonds is 5. The number of halogens is 1. The number of hydrogen-bond acceptors (Lipinski definition) is 3. The molecule has 1 N–H and O–H groups in total. The molecule has 0 aliphatic carbocycles. The molecule has 0 spiro atoms. The molecule has 82 valence electrons. The third-order valence-corrected chi connectivity index (χ3v) is 2.19. The standard InChI is InChI=1S/C10H17ClO3/c1-4-14-10(13)8(3)5-7(2)9(12)6-11/h5,7,9,12H,4,6H2,1-3H3/t7-,9+/m1/s1. The smallest absolute Gasteiger partial charge is 0.333 e. The van der Waals surface area contributed by atoms with E-state index >= 15 is 0 Å². The van der Waals surface area contributed by atoms with Crippen LogP contribution in [0.15, 0.2) is 11.6 Å². The predicted octanol–water partition coefficient (Wildman–Crippen LogP) is 1.73. The zero-order chi connectivity index (χ0) is 11.1. The van der Waals surface area contributed by atoms with Crippen LogP contribution < -0.4 is 0 Å². The summed E-state index contributed by atoms with van der Waals surface area (Å²) in [6.07, 6.45) is 1.05. The summed E-state index contributed by atoms with van der Waals surface area (Å²) in [7, 11) is 0. The van der Waals surface area contributed by atoms with Crippen molar-refractivity contribution in [2.24, 2.45) is 5.92 Å². The molecule has 0 aromatic heterocycles. The number of carbonyl (C=O) groups is 1. The van der Waals surface area contributed by atoms with Crippen molar-refractivity contribution in [3.63, 3.8) is 0 Å². The van der Waals surface area contributed by atoms with Gasteiger partial charge in [0.2, 0.25) is 0 Å². The minimum Gasteiger partial charge on any atom is -0.463 e. The van der Waals surface area contributed by atoms with E-state index in [1.807, 2.05) is 0 Å². The Bertz CT molecular complexity index is 213. The zero-order valence-electron chi connectivity index (χ0n) is 8.79. The van der Waals surface area contributed by atoms with Crippen molar-refractivity contribution >= 4 is 17.6 Å². The fourth-order valence-electron chi connectivity index (χ4n) is 0.959. The average molecular weight is 221 g/mol. The first-order valence-electron chi connectivity index (χ1n) is 4.62. The molecule has 0 heterocycles. The van der Waals surface area contributed by atoms with Gasteiger partial charge in [0, 0.05) is 17.4 Å². The monoisotopic (exact) mass is 220 g/mol. The van der Waals surface area contributed by atoms with Gasteiger partial charge < -0.3 is 9.84 Å². The molecule has 0 unspecified atom stereocenters. The van der Waals surface area contributed by atoms with Crippen LogP contribution in [0.4, 0.5) is 0 Å². The summed E-state index contributed by atoms with van der Waals surface area (Å²) >= 11 is 5.48. The molecule has 3 nitrogen and oxygen atoms in total. The van der Waals surface area contributed by atoms with Gasteiger partial charge in [-0.25, -0.2) is 4.79 Å². The lowest BCUT2D eigenvalue weighted by Crippen LogP contribution is -2.18. The summed E-state index contributed by atoms with van der Waals surface area (Å²) in [5.74, 6) is -0.327. The van der Waals surface area contributed by atoms with Crippen LogP contribution in [0.1, 0.15) is 20.8 Å². The summed E-state index contributed by atoms with van der Waals surface area (Å²) < 4.78 is 4.80. The van der Waals surface area contributed by atoms with Crippen molar-refractivity contribution in [3.8, 4) is 0 Å². The number of aliphatic hydroxyl groups is 1. The van der Waals surface area contributed by atoms with Crippen LogP contribution in [0, 0.1) is 5.92 Å². The van der Waals surface area contributed by atoms with Gasteiger partial charge in [0.1, 0.15) is 0 Å². The molecule has 4 heteroatoms. The molecule has 0 amide bonds. The summed E-state index contributed by atoms with van der Waals surface area (Å²) in [5, 5.41) is 9.36. The van der Waals surface area contributed by atoms with E-state index in [2.05, 4.69) is 0 Å². The SMILES string of the molecule is CCOC(=O)C(C)=C[C@@H](C)[C@@H](O)CCl. The number of esters is 1. The second kappa shape index (κ2) is 6.85. The van der Waals surface area contributed by atoms with E-state index in [9.17, 15) is 9.90 Å². The van der Waals surface area contributed by atoms with Crippen LogP contribution >= 0.6 is 11.6 Å². The van der Waals surface area contributed by atoms with Crippen molar-refractivity contribution in [2.75, 3.05) is 12.5 Å². The number of hydrogen-bond donors (Lipinski definition) is 1. The van der Waals surface area contributed by atoms with E-state index in [1.165, 1.54) is 0 Å². The van der Waals surface area contributed by atoms with E-state index in [0.717, 1.165) is 0 Å². The van der Waals surface area contributed by atoms with Crippen LogP contribution in [0.25, 0.3) is 0 Å². The minimum absolute atomic E-state index is 0.142. The molecule has 0 radical (unpaired) electrons. The van der Waals surface area contributed by atoms with Gasteiger partial charge in [-0.15, -0.1) is 11.6 Å². The van der Waals surface area contributed by atoms with E-state index in [4.69, 9.17) is 16.3 Å². The van der Waals surface area contributed by atoms with Gasteiger partial charge in [0.05, 0.1) is 12.7 Å². The highest BCUT2D eigenvalue weighted by Crippen LogP contribution is 2.10. The summed E-state index contributed by atoms with van der Waals surface area (Å²) in [4.78, 5) is 11.2. The second-order valence-corrected chi connectivity index (χ2v) is 3.46. The second-order valence-electron chi connectivity index (χ2n) is 3.15. The number of ether oxygens (including phenoxy) is 1. The van der Waals surface area contributed by atoms with Crippen LogP contribution in [-0.4, -0.2) is 29.7 Å². The molecule has 0 aliphatic heterocycles. The maximum absolute atomic E-state index is 11.2. The first kappa shape index (κ1) is 13.5. The van der Waals surface area contributed by atoms with E-state index in [1.54, 1.807) is 26.8 Å². The summed E-state index contributed by atoms with van der Waals surface area (Å²) in [6, 6.07) is 0. The third kappa shape index (κ3) is 4.63. The van der Waals surface area contributed by atoms with Crippen molar-refractivity contribution in [2.45, 2.75) is 26.9 Å². The molecular weight excluding hydrogens is 204 g/mol. The molecule has 0 aromatic rings. The predicted molar refractivity (Wildman–Crippen MR) is 56.3 cm³/mol. The highest BCUT2D eigenvalue weighted by molar-refractivity contribution is 6.18. The molecule has 0 saturated heterocycles. The normalized spacial score (nSPS) is 16.2. The van der Waals surface area contributed by atoms with E-state index in [-0.39, 0.29) is 17.8 Å². The Morgan fingerprint density at radius 1 is 1.64 bits per heavy atom. The van der Waals surface area contributed by atoms with Crippen LogP contribution in [0.2, 0.25) is 0 Å². The summed E-state index contributed by atoms with van der Waals surface area (Å²) in [5.41, 5.74) is 0.503. The van der Waals surface area contributed by atoms with Crippen molar-refractivity contribution < 1.29 is 14.6 Å². The number of aliphatic hydroxyl groups excluding tert-OH is 1. The Hall–Kier alpha value is -0.540. The quantitative estimate of drug-likeness (QED) is 0.436. The minimum atomic E-state index is -0.624. The fraction of sp³-hybridized carbons (Fsp3) is 0.700. The Morgan fingerprint density at radius 3 is 2.64 bits per heavy atom. The molecule has 2 atom stereocenters. The largest absolute Gasteiger partial charge is 0.463 e. The maximum Gasteiger partial charge on any atom is 0.333 e. The van der Waals surface area contributed by atoms with Crippen molar-refractivity contribution in [3.05, 3.63) is 11.6 Å². The molecule has 0 aliphatic rings. The molecule has 0 rings (SSSR count). The van der Waals surface area contributed by atoms with Gasteiger partial charge in [0.25, 0.3) is 0 Å². The Kier molecular flexibility index (Phi) is 6.58. The highest BCUT2D eigenvalue weighted by Gasteiger charge is 2.13. The van der Waals surface area contributed by atoms with Gasteiger partial charge in [-0.2, -0.15) is 0 Å². The van der Waals surface area contributed by atoms with Gasteiger partial charge >= 0.3 is 5.97 Å².